The third-order valence-electron chi connectivity index (χ3n) is 11.4. The van der Waals surface area contributed by atoms with Crippen LogP contribution < -0.4 is 10.2 Å². The summed E-state index contributed by atoms with van der Waals surface area (Å²) < 4.78 is 0. The molecule has 6 rings (SSSR count). The van der Waals surface area contributed by atoms with Crippen LogP contribution in [0.25, 0.3) is 11.1 Å². The minimum atomic E-state index is -0.0526. The Balaban J connectivity index is 0.00000305. The summed E-state index contributed by atoms with van der Waals surface area (Å²) in [6.45, 7) is 16.9. The number of likely N-dealkylation sites (tertiary alicyclic amines) is 1. The highest BCUT2D eigenvalue weighted by Crippen LogP contribution is 2.37. The molecular formula is C51H69N3O2S. The molecule has 0 aromatic heterocycles. The first-order valence-corrected chi connectivity index (χ1v) is 23.1. The number of phenolic OH excluding ortho intramolecular Hbond substituents is 2. The van der Waals surface area contributed by atoms with Crippen LogP contribution in [0.1, 0.15) is 119 Å². The van der Waals surface area contributed by atoms with Gasteiger partial charge in [0.25, 0.3) is 0 Å². The van der Waals surface area contributed by atoms with Crippen LogP contribution in [0.3, 0.4) is 0 Å². The van der Waals surface area contributed by atoms with E-state index in [2.05, 4.69) is 128 Å². The number of phenols is 2. The standard InChI is InChI=1S/C49H63N3O2S.C2H6/c1-6-11-38-29-42(30-39(12-7-2)46(38)14-9-4)47-28-36(21-24-50-47)33-51-25-22-44(23-26-51)52(43-17-19-45(55-5)20-18-43)34-35-15-10-16-37(27-35)41-31-40(13-8-3)49(54)48(53)32-41;1-2/h10,15-21,24,27-32,44,47,50,53-54H,6-9,11-14,22-23,25-26,33-34H2,1-5H3;1-2H3. The number of hydrogen-bond acceptors (Lipinski definition) is 6. The maximum atomic E-state index is 10.5. The summed E-state index contributed by atoms with van der Waals surface area (Å²) in [5.41, 5.74) is 12.8. The van der Waals surface area contributed by atoms with Gasteiger partial charge < -0.3 is 20.4 Å². The molecule has 57 heavy (non-hydrogen) atoms. The minimum absolute atomic E-state index is 0.000609. The first kappa shape index (κ1) is 44.0. The largest absolute Gasteiger partial charge is 0.504 e. The van der Waals surface area contributed by atoms with E-state index in [1.807, 2.05) is 19.9 Å². The second kappa shape index (κ2) is 22.1. The zero-order chi connectivity index (χ0) is 40.7. The quantitative estimate of drug-likeness (QED) is 0.0732. The van der Waals surface area contributed by atoms with Crippen molar-refractivity contribution in [3.8, 4) is 22.6 Å². The van der Waals surface area contributed by atoms with Crippen molar-refractivity contribution < 1.29 is 10.2 Å². The minimum Gasteiger partial charge on any atom is -0.504 e. The van der Waals surface area contributed by atoms with E-state index in [-0.39, 0.29) is 17.5 Å². The lowest BCUT2D eigenvalue weighted by Gasteiger charge is -2.40. The molecule has 1 atom stereocenters. The van der Waals surface area contributed by atoms with Gasteiger partial charge in [0.05, 0.1) is 6.04 Å². The summed E-state index contributed by atoms with van der Waals surface area (Å²) in [5.74, 6) is -0.0532. The van der Waals surface area contributed by atoms with Gasteiger partial charge in [-0.3, -0.25) is 4.90 Å². The molecule has 1 unspecified atom stereocenters. The number of piperidine rings is 1. The Bertz CT molecular complexity index is 1900. The average molecular weight is 788 g/mol. The number of nitrogens with zero attached hydrogens (tertiary/aromatic N) is 2. The Morgan fingerprint density at radius 1 is 0.754 bits per heavy atom. The second-order valence-corrected chi connectivity index (χ2v) is 16.5. The van der Waals surface area contributed by atoms with Gasteiger partial charge in [-0.15, -0.1) is 11.8 Å². The Kier molecular flexibility index (Phi) is 17.1. The Morgan fingerprint density at radius 2 is 1.40 bits per heavy atom. The van der Waals surface area contributed by atoms with Gasteiger partial charge in [0, 0.05) is 42.8 Å². The molecule has 2 aliphatic heterocycles. The molecule has 0 saturated carbocycles. The molecule has 0 radical (unpaired) electrons. The smallest absolute Gasteiger partial charge is 0.160 e. The number of nitrogens with one attached hydrogen (secondary N) is 1. The van der Waals surface area contributed by atoms with Crippen molar-refractivity contribution in [1.29, 1.82) is 0 Å². The SMILES string of the molecule is CC.CCCc1cc(-c2cccc(CN(c3ccc(SC)cc3)C3CCN(CC4=CC(c5cc(CCC)c(CCC)c(CCC)c5)NC=C4)CC3)c2)cc(O)c1O. The molecule has 2 heterocycles. The highest BCUT2D eigenvalue weighted by atomic mass is 32.2. The number of dihydropyridines is 1. The summed E-state index contributed by atoms with van der Waals surface area (Å²) in [6.07, 6.45) is 19.9. The number of aromatic hydroxyl groups is 2. The lowest BCUT2D eigenvalue weighted by Crippen LogP contribution is -2.45. The van der Waals surface area contributed by atoms with Gasteiger partial charge in [-0.25, -0.2) is 0 Å². The van der Waals surface area contributed by atoms with Crippen molar-refractivity contribution in [1.82, 2.24) is 10.2 Å². The number of aryl methyl sites for hydroxylation is 3. The second-order valence-electron chi connectivity index (χ2n) is 15.6. The summed E-state index contributed by atoms with van der Waals surface area (Å²) >= 11 is 1.78. The number of anilines is 1. The number of benzene rings is 4. The van der Waals surface area contributed by atoms with E-state index < -0.39 is 0 Å². The summed E-state index contributed by atoms with van der Waals surface area (Å²) in [7, 11) is 0. The van der Waals surface area contributed by atoms with E-state index >= 15 is 0 Å². The van der Waals surface area contributed by atoms with Crippen molar-refractivity contribution in [3.63, 3.8) is 0 Å². The lowest BCUT2D eigenvalue weighted by molar-refractivity contribution is 0.224. The van der Waals surface area contributed by atoms with Crippen LogP contribution in [0.15, 0.2) is 102 Å². The van der Waals surface area contributed by atoms with Gasteiger partial charge in [-0.1, -0.05) is 104 Å². The van der Waals surface area contributed by atoms with Crippen molar-refractivity contribution in [3.05, 3.63) is 130 Å². The average Bonchev–Trinajstić information content (AvgIpc) is 3.24. The molecule has 0 amide bonds. The molecule has 4 aromatic carbocycles. The van der Waals surface area contributed by atoms with Crippen LogP contribution in [0.4, 0.5) is 5.69 Å². The third-order valence-corrected chi connectivity index (χ3v) is 12.2. The van der Waals surface area contributed by atoms with Gasteiger partial charge >= 0.3 is 0 Å². The molecule has 0 aliphatic carbocycles. The maximum Gasteiger partial charge on any atom is 0.160 e. The number of thioether (sulfide) groups is 1. The zero-order valence-corrected chi connectivity index (χ0v) is 36.7. The summed E-state index contributed by atoms with van der Waals surface area (Å²) in [5, 5.41) is 24.7. The summed E-state index contributed by atoms with van der Waals surface area (Å²) in [4.78, 5) is 6.53. The highest BCUT2D eigenvalue weighted by Gasteiger charge is 2.26. The fourth-order valence-corrected chi connectivity index (χ4v) is 9.05. The highest BCUT2D eigenvalue weighted by molar-refractivity contribution is 7.98. The normalized spacial score (nSPS) is 15.8. The zero-order valence-electron chi connectivity index (χ0n) is 35.9. The van der Waals surface area contributed by atoms with Crippen molar-refractivity contribution in [2.75, 3.05) is 30.8 Å². The molecule has 6 heteroatoms. The molecule has 3 N–H and O–H groups in total. The molecule has 1 fully saturated rings. The van der Waals surface area contributed by atoms with Crippen LogP contribution in [0, 0.1) is 0 Å². The van der Waals surface area contributed by atoms with E-state index in [0.29, 0.717) is 6.04 Å². The molecule has 4 aromatic rings. The molecule has 1 saturated heterocycles. The number of rotatable bonds is 17. The Hall–Kier alpha value is -4.13. The van der Waals surface area contributed by atoms with Crippen LogP contribution in [0.2, 0.25) is 0 Å². The van der Waals surface area contributed by atoms with Crippen LogP contribution in [0.5, 0.6) is 11.5 Å². The Labute approximate surface area is 349 Å². The predicted molar refractivity (Wildman–Crippen MR) is 246 cm³/mol. The fraction of sp³-hybridized carbons (Fsp3) is 0.451. The Morgan fingerprint density at radius 3 is 2.04 bits per heavy atom. The maximum absolute atomic E-state index is 10.5. The summed E-state index contributed by atoms with van der Waals surface area (Å²) in [6, 6.07) is 27.1. The predicted octanol–water partition coefficient (Wildman–Crippen LogP) is 12.6. The molecule has 0 bridgehead atoms. The van der Waals surface area contributed by atoms with Crippen molar-refractivity contribution in [2.24, 2.45) is 0 Å². The van der Waals surface area contributed by atoms with Gasteiger partial charge in [-0.05, 0) is 150 Å². The van der Waals surface area contributed by atoms with Gasteiger partial charge in [0.2, 0.25) is 0 Å². The first-order valence-electron chi connectivity index (χ1n) is 21.9. The van der Waals surface area contributed by atoms with Crippen molar-refractivity contribution >= 4 is 17.4 Å². The topological polar surface area (TPSA) is 59.0 Å². The van der Waals surface area contributed by atoms with Gasteiger partial charge in [0.15, 0.2) is 11.5 Å². The van der Waals surface area contributed by atoms with E-state index in [1.54, 1.807) is 34.5 Å². The molecule has 5 nitrogen and oxygen atoms in total. The molecule has 306 valence electrons. The molecule has 0 spiro atoms. The monoisotopic (exact) mass is 788 g/mol. The molecule has 2 aliphatic rings. The van der Waals surface area contributed by atoms with Crippen molar-refractivity contribution in [2.45, 2.75) is 129 Å². The van der Waals surface area contributed by atoms with Crippen LogP contribution in [-0.4, -0.2) is 47.0 Å². The van der Waals surface area contributed by atoms with Crippen LogP contribution in [-0.2, 0) is 32.2 Å². The van der Waals surface area contributed by atoms with E-state index in [0.717, 1.165) is 81.4 Å². The van der Waals surface area contributed by atoms with E-state index in [4.69, 9.17) is 0 Å². The van der Waals surface area contributed by atoms with E-state index in [9.17, 15) is 10.2 Å². The third kappa shape index (κ3) is 11.5. The first-order chi connectivity index (χ1) is 27.8. The van der Waals surface area contributed by atoms with Gasteiger partial charge in [0.1, 0.15) is 0 Å². The fourth-order valence-electron chi connectivity index (χ4n) is 8.64. The van der Waals surface area contributed by atoms with Crippen LogP contribution >= 0.6 is 11.8 Å². The lowest BCUT2D eigenvalue weighted by atomic mass is 9.87. The van der Waals surface area contributed by atoms with Gasteiger partial charge in [-0.2, -0.15) is 0 Å². The van der Waals surface area contributed by atoms with E-state index in [1.165, 1.54) is 53.0 Å². The number of hydrogen-bond donors (Lipinski definition) is 3. The molecular weight excluding hydrogens is 719 g/mol.